The quantitative estimate of drug-likeness (QED) is 0.720. The highest BCUT2D eigenvalue weighted by molar-refractivity contribution is 7.80. The molecule has 0 atom stereocenters. The summed E-state index contributed by atoms with van der Waals surface area (Å²) in [5.41, 5.74) is 9.53. The van der Waals surface area contributed by atoms with Gasteiger partial charge in [0.25, 0.3) is 0 Å². The number of rotatable bonds is 3. The molecule has 3 rings (SSSR count). The van der Waals surface area contributed by atoms with E-state index in [9.17, 15) is 0 Å². The van der Waals surface area contributed by atoms with Crippen molar-refractivity contribution in [1.82, 2.24) is 8.75 Å². The van der Waals surface area contributed by atoms with E-state index in [1.807, 2.05) is 30.3 Å². The first kappa shape index (κ1) is 13.2. The van der Waals surface area contributed by atoms with E-state index in [1.54, 1.807) is 6.07 Å². The molecule has 20 heavy (non-hydrogen) atoms. The van der Waals surface area contributed by atoms with Gasteiger partial charge in [0.05, 0.1) is 22.4 Å². The van der Waals surface area contributed by atoms with Crippen LogP contribution in [-0.4, -0.2) is 13.7 Å². The van der Waals surface area contributed by atoms with Crippen molar-refractivity contribution in [3.8, 4) is 0 Å². The molecule has 3 N–H and O–H groups in total. The van der Waals surface area contributed by atoms with E-state index < -0.39 is 0 Å². The molecule has 0 fully saturated rings. The van der Waals surface area contributed by atoms with Gasteiger partial charge in [-0.15, -0.1) is 0 Å². The van der Waals surface area contributed by atoms with E-state index >= 15 is 0 Å². The lowest BCUT2D eigenvalue weighted by Crippen LogP contribution is -2.11. The summed E-state index contributed by atoms with van der Waals surface area (Å²) in [6, 6.07) is 11.2. The molecule has 4 nitrogen and oxygen atoms in total. The molecular weight excluding hydrogens is 312 g/mol. The van der Waals surface area contributed by atoms with Gasteiger partial charge in [-0.25, -0.2) is 0 Å². The first-order valence-corrected chi connectivity index (χ1v) is 7.25. The second kappa shape index (κ2) is 5.32. The second-order valence-electron chi connectivity index (χ2n) is 4.09. The SMILES string of the molecule is NC(=S)c1ccccc1Nc1c(Cl)ccc2nsnc12. The molecule has 0 spiro atoms. The van der Waals surface area contributed by atoms with E-state index in [-0.39, 0.29) is 0 Å². The van der Waals surface area contributed by atoms with Crippen molar-refractivity contribution in [2.75, 3.05) is 5.32 Å². The largest absolute Gasteiger partial charge is 0.389 e. The van der Waals surface area contributed by atoms with E-state index in [4.69, 9.17) is 29.6 Å². The molecular formula is C13H9ClN4S2. The van der Waals surface area contributed by atoms with Crippen LogP contribution in [0.25, 0.3) is 11.0 Å². The van der Waals surface area contributed by atoms with Crippen molar-refractivity contribution in [1.29, 1.82) is 0 Å². The topological polar surface area (TPSA) is 63.8 Å². The fraction of sp³-hybridized carbons (Fsp3) is 0. The van der Waals surface area contributed by atoms with Crippen molar-refractivity contribution in [2.24, 2.45) is 5.73 Å². The summed E-state index contributed by atoms with van der Waals surface area (Å²) in [6.45, 7) is 0. The molecule has 2 aromatic carbocycles. The van der Waals surface area contributed by atoms with E-state index in [2.05, 4.69) is 14.1 Å². The summed E-state index contributed by atoms with van der Waals surface area (Å²) < 4.78 is 8.47. The minimum Gasteiger partial charge on any atom is -0.389 e. The van der Waals surface area contributed by atoms with Crippen LogP contribution in [0.2, 0.25) is 5.02 Å². The van der Waals surface area contributed by atoms with Crippen LogP contribution in [0.3, 0.4) is 0 Å². The van der Waals surface area contributed by atoms with Crippen molar-refractivity contribution in [3.63, 3.8) is 0 Å². The lowest BCUT2D eigenvalue weighted by Gasteiger charge is -2.12. The fourth-order valence-electron chi connectivity index (χ4n) is 1.89. The molecule has 0 amide bonds. The average molecular weight is 321 g/mol. The maximum atomic E-state index is 6.25. The highest BCUT2D eigenvalue weighted by Gasteiger charge is 2.12. The highest BCUT2D eigenvalue weighted by atomic mass is 35.5. The fourth-order valence-corrected chi connectivity index (χ4v) is 2.81. The average Bonchev–Trinajstić information content (AvgIpc) is 2.91. The number of anilines is 2. The summed E-state index contributed by atoms with van der Waals surface area (Å²) >= 11 is 12.5. The van der Waals surface area contributed by atoms with Crippen LogP contribution in [0.1, 0.15) is 5.56 Å². The lowest BCUT2D eigenvalue weighted by molar-refractivity contribution is 1.52. The molecule has 0 radical (unpaired) electrons. The zero-order chi connectivity index (χ0) is 14.1. The van der Waals surface area contributed by atoms with Gasteiger partial charge in [-0.05, 0) is 24.3 Å². The molecule has 0 aliphatic heterocycles. The van der Waals surface area contributed by atoms with E-state index in [0.717, 1.165) is 34.0 Å². The Bertz CT molecular complexity index is 800. The summed E-state index contributed by atoms with van der Waals surface area (Å²) in [4.78, 5) is 0.327. The minimum atomic E-state index is 0.327. The van der Waals surface area contributed by atoms with Crippen LogP contribution in [0, 0.1) is 0 Å². The number of nitrogens with two attached hydrogens (primary N) is 1. The number of thiocarbonyl (C=S) groups is 1. The van der Waals surface area contributed by atoms with Crippen LogP contribution >= 0.6 is 35.5 Å². The first-order valence-electron chi connectivity index (χ1n) is 5.73. The maximum absolute atomic E-state index is 6.25. The normalized spacial score (nSPS) is 10.7. The Hall–Kier alpha value is -1.76. The van der Waals surface area contributed by atoms with E-state index in [0.29, 0.717) is 15.7 Å². The standard InChI is InChI=1S/C13H9ClN4S2/c14-8-5-6-10-12(18-20-17-10)11(8)16-9-4-2-1-3-7(9)13(15)19/h1-6,16H,(H2,15,19). The third kappa shape index (κ3) is 2.33. The Labute approximate surface area is 129 Å². The van der Waals surface area contributed by atoms with Crippen molar-refractivity contribution in [2.45, 2.75) is 0 Å². The van der Waals surface area contributed by atoms with Crippen LogP contribution in [0.15, 0.2) is 36.4 Å². The van der Waals surface area contributed by atoms with Gasteiger partial charge in [0.1, 0.15) is 16.0 Å². The number of benzene rings is 2. The zero-order valence-corrected chi connectivity index (χ0v) is 12.5. The summed E-state index contributed by atoms with van der Waals surface area (Å²) in [6.07, 6.45) is 0. The smallest absolute Gasteiger partial charge is 0.129 e. The van der Waals surface area contributed by atoms with Gasteiger partial charge in [0.2, 0.25) is 0 Å². The minimum absolute atomic E-state index is 0.327. The van der Waals surface area contributed by atoms with Crippen LogP contribution in [0.5, 0.6) is 0 Å². The Kier molecular flexibility index (Phi) is 3.52. The number of para-hydroxylation sites is 1. The molecule has 1 heterocycles. The molecule has 0 saturated heterocycles. The molecule has 0 aliphatic rings. The van der Waals surface area contributed by atoms with Crippen molar-refractivity contribution < 1.29 is 0 Å². The molecule has 7 heteroatoms. The third-order valence-electron chi connectivity index (χ3n) is 2.83. The molecule has 3 aromatic rings. The Balaban J connectivity index is 2.12. The van der Waals surface area contributed by atoms with Crippen LogP contribution in [0.4, 0.5) is 11.4 Å². The van der Waals surface area contributed by atoms with Crippen LogP contribution < -0.4 is 11.1 Å². The second-order valence-corrected chi connectivity index (χ2v) is 5.46. The summed E-state index contributed by atoms with van der Waals surface area (Å²) in [5.74, 6) is 0. The summed E-state index contributed by atoms with van der Waals surface area (Å²) in [7, 11) is 0. The molecule has 1 aromatic heterocycles. The van der Waals surface area contributed by atoms with Gasteiger partial charge in [0, 0.05) is 11.3 Å². The van der Waals surface area contributed by atoms with Gasteiger partial charge in [-0.3, -0.25) is 0 Å². The number of aromatic nitrogens is 2. The molecule has 0 saturated carbocycles. The Morgan fingerprint density at radius 2 is 2.00 bits per heavy atom. The predicted molar refractivity (Wildman–Crippen MR) is 88.0 cm³/mol. The number of halogens is 1. The summed E-state index contributed by atoms with van der Waals surface area (Å²) in [5, 5.41) is 3.83. The van der Waals surface area contributed by atoms with Gasteiger partial charge in [0.15, 0.2) is 0 Å². The van der Waals surface area contributed by atoms with Crippen molar-refractivity contribution >= 4 is 62.9 Å². The number of fused-ring (bicyclic) bond motifs is 1. The lowest BCUT2D eigenvalue weighted by atomic mass is 10.1. The predicted octanol–water partition coefficient (Wildman–Crippen LogP) is 3.72. The number of nitrogens with one attached hydrogen (secondary N) is 1. The first-order chi connectivity index (χ1) is 9.66. The molecule has 0 unspecified atom stereocenters. The van der Waals surface area contributed by atoms with Crippen LogP contribution in [-0.2, 0) is 0 Å². The Morgan fingerprint density at radius 3 is 2.80 bits per heavy atom. The number of hydrogen-bond donors (Lipinski definition) is 2. The Morgan fingerprint density at radius 1 is 1.20 bits per heavy atom. The monoisotopic (exact) mass is 320 g/mol. The maximum Gasteiger partial charge on any atom is 0.129 e. The van der Waals surface area contributed by atoms with Gasteiger partial charge in [-0.1, -0.05) is 36.0 Å². The highest BCUT2D eigenvalue weighted by Crippen LogP contribution is 2.33. The van der Waals surface area contributed by atoms with Gasteiger partial charge in [-0.2, -0.15) is 8.75 Å². The molecule has 0 aliphatic carbocycles. The molecule has 0 bridgehead atoms. The third-order valence-corrected chi connectivity index (χ3v) is 3.91. The zero-order valence-electron chi connectivity index (χ0n) is 10.1. The number of hydrogen-bond acceptors (Lipinski definition) is 5. The number of nitrogens with zero attached hydrogens (tertiary/aromatic N) is 2. The van der Waals surface area contributed by atoms with Gasteiger partial charge >= 0.3 is 0 Å². The van der Waals surface area contributed by atoms with Crippen molar-refractivity contribution in [3.05, 3.63) is 47.0 Å². The van der Waals surface area contributed by atoms with Gasteiger partial charge < -0.3 is 11.1 Å². The van der Waals surface area contributed by atoms with E-state index in [1.165, 1.54) is 0 Å². The molecule has 100 valence electrons.